The second-order valence-corrected chi connectivity index (χ2v) is 15.2. The van der Waals surface area contributed by atoms with Crippen molar-refractivity contribution < 1.29 is 33.5 Å². The van der Waals surface area contributed by atoms with Crippen LogP contribution >= 0.6 is 0 Å². The number of ether oxygens (including phenoxy) is 1. The van der Waals surface area contributed by atoms with Gasteiger partial charge in [0.25, 0.3) is 5.91 Å². The number of rotatable bonds is 14. The van der Waals surface area contributed by atoms with Gasteiger partial charge in [0.05, 0.1) is 6.04 Å². The second-order valence-electron chi connectivity index (χ2n) is 15.2. The Hall–Kier alpha value is -3.44. The monoisotopic (exact) mass is 657 g/mol. The van der Waals surface area contributed by atoms with Crippen molar-refractivity contribution in [1.29, 1.82) is 0 Å². The number of hydrogen-bond donors (Lipinski definition) is 4. The van der Waals surface area contributed by atoms with Crippen LogP contribution in [0, 0.1) is 23.7 Å². The van der Waals surface area contributed by atoms with E-state index in [1.807, 2.05) is 0 Å². The highest BCUT2D eigenvalue weighted by atomic mass is 16.6. The Labute approximate surface area is 278 Å². The minimum atomic E-state index is -1.10. The minimum absolute atomic E-state index is 0.0410. The number of carbonyl (C=O) groups is 6. The van der Waals surface area contributed by atoms with Gasteiger partial charge in [-0.15, -0.1) is 6.58 Å². The number of urea groups is 1. The van der Waals surface area contributed by atoms with E-state index in [9.17, 15) is 28.8 Å². The molecule has 0 radical (unpaired) electrons. The van der Waals surface area contributed by atoms with Gasteiger partial charge in [-0.25, -0.2) is 9.59 Å². The number of likely N-dealkylation sites (tertiary alicyclic amines) is 1. The fourth-order valence-electron chi connectivity index (χ4n) is 7.56. The van der Waals surface area contributed by atoms with Gasteiger partial charge in [-0.05, 0) is 89.4 Å². The predicted octanol–water partition coefficient (Wildman–Crippen LogP) is 3.27. The number of carbonyl (C=O) groups excluding carboxylic acids is 6. The van der Waals surface area contributed by atoms with E-state index in [4.69, 9.17) is 10.5 Å². The van der Waals surface area contributed by atoms with E-state index in [0.29, 0.717) is 19.3 Å². The Kier molecular flexibility index (Phi) is 12.5. The van der Waals surface area contributed by atoms with Gasteiger partial charge in [0.15, 0.2) is 0 Å². The van der Waals surface area contributed by atoms with Crippen molar-refractivity contribution in [1.82, 2.24) is 20.9 Å². The summed E-state index contributed by atoms with van der Waals surface area (Å²) in [4.78, 5) is 81.0. The number of nitrogens with one attached hydrogen (secondary N) is 3. The maximum atomic E-state index is 14.5. The third-order valence-electron chi connectivity index (χ3n) is 10.1. The molecule has 12 heteroatoms. The molecule has 12 nitrogen and oxygen atoms in total. The lowest BCUT2D eigenvalue weighted by Crippen LogP contribution is -2.60. The zero-order valence-corrected chi connectivity index (χ0v) is 28.4. The number of amides is 5. The van der Waals surface area contributed by atoms with Crippen LogP contribution in [0.3, 0.4) is 0 Å². The lowest BCUT2D eigenvalue weighted by atomic mass is 9.83. The summed E-state index contributed by atoms with van der Waals surface area (Å²) in [6, 6.07) is -4.30. The maximum Gasteiger partial charge on any atom is 0.329 e. The highest BCUT2D eigenvalue weighted by Crippen LogP contribution is 2.35. The van der Waals surface area contributed by atoms with Gasteiger partial charge in [-0.2, -0.15) is 0 Å². The number of nitrogens with zero attached hydrogens (tertiary/aromatic N) is 1. The van der Waals surface area contributed by atoms with Crippen molar-refractivity contribution in [2.45, 2.75) is 140 Å². The van der Waals surface area contributed by atoms with E-state index >= 15 is 0 Å². The van der Waals surface area contributed by atoms with Crippen LogP contribution in [-0.2, 0) is 28.7 Å². The fraction of sp³-hybridized carbons (Fsp3) is 0.771. The molecule has 4 aliphatic rings. The molecular formula is C35H55N5O7. The molecule has 47 heavy (non-hydrogen) atoms. The first kappa shape index (κ1) is 36.4. The molecule has 5 amide bonds. The molecule has 0 spiro atoms. The van der Waals surface area contributed by atoms with Crippen LogP contribution in [0.15, 0.2) is 12.7 Å². The molecule has 4 fully saturated rings. The summed E-state index contributed by atoms with van der Waals surface area (Å²) in [5, 5.41) is 8.54. The predicted molar refractivity (Wildman–Crippen MR) is 176 cm³/mol. The Morgan fingerprint density at radius 2 is 1.43 bits per heavy atom. The van der Waals surface area contributed by atoms with E-state index < -0.39 is 59.4 Å². The average molecular weight is 658 g/mol. The summed E-state index contributed by atoms with van der Waals surface area (Å²) in [5.41, 5.74) is 4.58. The van der Waals surface area contributed by atoms with Crippen molar-refractivity contribution in [2.24, 2.45) is 29.4 Å². The van der Waals surface area contributed by atoms with Gasteiger partial charge in [-0.1, -0.05) is 51.0 Å². The molecule has 1 saturated heterocycles. The van der Waals surface area contributed by atoms with E-state index in [2.05, 4.69) is 22.5 Å². The Morgan fingerprint density at radius 1 is 0.851 bits per heavy atom. The van der Waals surface area contributed by atoms with Crippen LogP contribution in [0.2, 0.25) is 0 Å². The number of nitrogens with two attached hydrogens (primary N) is 1. The van der Waals surface area contributed by atoms with Crippen molar-refractivity contribution in [2.75, 3.05) is 6.54 Å². The minimum Gasteiger partial charge on any atom is -0.458 e. The van der Waals surface area contributed by atoms with Crippen LogP contribution < -0.4 is 21.7 Å². The van der Waals surface area contributed by atoms with Gasteiger partial charge in [-0.3, -0.25) is 19.2 Å². The third-order valence-corrected chi connectivity index (χ3v) is 10.1. The Bertz CT molecular complexity index is 1180. The first-order chi connectivity index (χ1) is 22.3. The van der Waals surface area contributed by atoms with Crippen LogP contribution in [0.4, 0.5) is 4.79 Å². The highest BCUT2D eigenvalue weighted by molar-refractivity contribution is 6.37. The molecule has 0 aromatic heterocycles. The van der Waals surface area contributed by atoms with Gasteiger partial charge in [0.1, 0.15) is 23.7 Å². The summed E-state index contributed by atoms with van der Waals surface area (Å²) in [5.74, 6) is -3.32. The SMILES string of the molecule is C=CC[C@@H]1C[C@@H](C(=O)NC(CC2CC2)C(=O)C(N)=O)N(C(=O)[C@@H](NC(=O)N[C@H](C(=O)OC(C)(C)C)C2CCCC2)C2CCCCC2)C1. The largest absolute Gasteiger partial charge is 0.458 e. The fourth-order valence-corrected chi connectivity index (χ4v) is 7.56. The number of hydrogen-bond acceptors (Lipinski definition) is 7. The smallest absolute Gasteiger partial charge is 0.329 e. The molecule has 5 atom stereocenters. The molecule has 3 saturated carbocycles. The molecule has 1 unspecified atom stereocenters. The molecule has 262 valence electrons. The van der Waals surface area contributed by atoms with Crippen molar-refractivity contribution in [3.05, 3.63) is 12.7 Å². The topological polar surface area (TPSA) is 177 Å². The molecule has 0 aromatic carbocycles. The number of esters is 1. The lowest BCUT2D eigenvalue weighted by Gasteiger charge is -2.35. The number of allylic oxidation sites excluding steroid dienone is 1. The van der Waals surface area contributed by atoms with E-state index in [1.165, 1.54) is 4.90 Å². The van der Waals surface area contributed by atoms with Crippen LogP contribution in [0.1, 0.15) is 111 Å². The molecule has 1 aliphatic heterocycles. The number of ketones is 1. The summed E-state index contributed by atoms with van der Waals surface area (Å²) >= 11 is 0. The van der Waals surface area contributed by atoms with E-state index in [1.54, 1.807) is 26.8 Å². The lowest BCUT2D eigenvalue weighted by molar-refractivity contribution is -0.158. The van der Waals surface area contributed by atoms with Gasteiger partial charge in [0, 0.05) is 6.54 Å². The Morgan fingerprint density at radius 3 is 1.98 bits per heavy atom. The molecule has 0 aromatic rings. The highest BCUT2D eigenvalue weighted by Gasteiger charge is 2.45. The zero-order valence-electron chi connectivity index (χ0n) is 28.4. The van der Waals surface area contributed by atoms with Gasteiger partial charge < -0.3 is 31.3 Å². The quantitative estimate of drug-likeness (QED) is 0.126. The summed E-state index contributed by atoms with van der Waals surface area (Å²) in [7, 11) is 0. The summed E-state index contributed by atoms with van der Waals surface area (Å²) in [6.07, 6.45) is 12.7. The Balaban J connectivity index is 1.54. The normalized spacial score (nSPS) is 24.1. The molecule has 1 heterocycles. The van der Waals surface area contributed by atoms with Gasteiger partial charge in [0.2, 0.25) is 17.6 Å². The van der Waals surface area contributed by atoms with E-state index in [0.717, 1.165) is 70.6 Å². The first-order valence-electron chi connectivity index (χ1n) is 17.6. The molecule has 0 bridgehead atoms. The summed E-state index contributed by atoms with van der Waals surface area (Å²) < 4.78 is 5.67. The second kappa shape index (κ2) is 16.1. The number of primary amides is 1. The molecule has 5 N–H and O–H groups in total. The van der Waals surface area contributed by atoms with Crippen molar-refractivity contribution in [3.8, 4) is 0 Å². The van der Waals surface area contributed by atoms with Crippen LogP contribution in [0.5, 0.6) is 0 Å². The number of Topliss-reactive ketones (excluding diaryl/α,β-unsaturated/α-hetero) is 1. The van der Waals surface area contributed by atoms with Crippen LogP contribution in [0.25, 0.3) is 0 Å². The molecular weight excluding hydrogens is 602 g/mol. The first-order valence-corrected chi connectivity index (χ1v) is 17.6. The molecule has 3 aliphatic carbocycles. The van der Waals surface area contributed by atoms with Crippen molar-refractivity contribution >= 4 is 35.5 Å². The van der Waals surface area contributed by atoms with Crippen LogP contribution in [-0.4, -0.2) is 76.7 Å². The summed E-state index contributed by atoms with van der Waals surface area (Å²) in [6.45, 7) is 9.48. The molecule has 4 rings (SSSR count). The van der Waals surface area contributed by atoms with E-state index in [-0.39, 0.29) is 36.1 Å². The van der Waals surface area contributed by atoms with Crippen molar-refractivity contribution in [3.63, 3.8) is 0 Å². The zero-order chi connectivity index (χ0) is 34.3. The van der Waals surface area contributed by atoms with Gasteiger partial charge >= 0.3 is 12.0 Å². The average Bonchev–Trinajstić information content (AvgIpc) is 3.47. The standard InChI is InChI=1S/C35H55N5O7/c1-5-11-22-19-26(31(43)37-25(18-21-16-17-21)29(41)30(36)42)40(20-22)32(44)27(23-12-7-6-8-13-23)38-34(46)39-28(24-14-9-10-15-24)33(45)47-35(2,3)4/h5,21-28H,1,6-20H2,2-4H3,(H2,36,42)(H,37,43)(H2,38,39,46)/t22-,25?,26+,27+,28+/m1/s1. The maximum absolute atomic E-state index is 14.5. The third kappa shape index (κ3) is 10.3.